The number of nitrogens with zero attached hydrogens (tertiary/aromatic N) is 4. The molecular weight excluding hydrogens is 365 g/mol. The number of methoxy groups -OCH3 is 2. The molecule has 1 aliphatic rings. The highest BCUT2D eigenvalue weighted by Gasteiger charge is 2.41. The lowest BCUT2D eigenvalue weighted by Crippen LogP contribution is -2.42. The lowest BCUT2D eigenvalue weighted by atomic mass is 9.85. The van der Waals surface area contributed by atoms with Gasteiger partial charge in [-0.2, -0.15) is 18.3 Å². The van der Waals surface area contributed by atoms with Gasteiger partial charge in [0.15, 0.2) is 17.1 Å². The molecule has 7 nitrogen and oxygen atoms in total. The summed E-state index contributed by atoms with van der Waals surface area (Å²) in [6.07, 6.45) is -0.225. The van der Waals surface area contributed by atoms with Crippen LogP contribution in [-0.4, -0.2) is 51.7 Å². The van der Waals surface area contributed by atoms with Crippen molar-refractivity contribution in [1.29, 1.82) is 0 Å². The van der Waals surface area contributed by atoms with Crippen molar-refractivity contribution < 1.29 is 27.4 Å². The molecule has 27 heavy (non-hydrogen) atoms. The van der Waals surface area contributed by atoms with Crippen molar-refractivity contribution >= 4 is 22.6 Å². The summed E-state index contributed by atoms with van der Waals surface area (Å²) in [5.41, 5.74) is 0.361. The molecule has 0 radical (unpaired) electrons. The summed E-state index contributed by atoms with van der Waals surface area (Å²) in [5.74, 6) is -0.130. The van der Waals surface area contributed by atoms with Crippen LogP contribution in [0.2, 0.25) is 0 Å². The van der Waals surface area contributed by atoms with Crippen molar-refractivity contribution in [1.82, 2.24) is 19.7 Å². The molecule has 2 aromatic heterocycles. The maximum Gasteiger partial charge on any atom is 0.408 e. The van der Waals surface area contributed by atoms with Crippen LogP contribution < -0.4 is 0 Å². The topological polar surface area (TPSA) is 79.1 Å². The van der Waals surface area contributed by atoms with E-state index in [1.165, 1.54) is 20.4 Å². The SMILES string of the molecule is COC(=O)C1(OC)CC=C(c2nc(C)c3cnn(CC(F)(F)F)c3n2)CC1. The van der Waals surface area contributed by atoms with E-state index in [1.807, 2.05) is 0 Å². The number of rotatable bonds is 4. The van der Waals surface area contributed by atoms with E-state index in [0.717, 1.165) is 10.3 Å². The molecule has 0 bridgehead atoms. The molecule has 0 N–H and O–H groups in total. The van der Waals surface area contributed by atoms with Gasteiger partial charge in [-0.05, 0) is 25.3 Å². The fourth-order valence-electron chi connectivity index (χ4n) is 3.20. The van der Waals surface area contributed by atoms with Crippen molar-refractivity contribution in [3.05, 3.63) is 23.8 Å². The second-order valence-corrected chi connectivity index (χ2v) is 6.41. The Labute approximate surface area is 153 Å². The van der Waals surface area contributed by atoms with Gasteiger partial charge in [-0.3, -0.25) is 0 Å². The summed E-state index contributed by atoms with van der Waals surface area (Å²) in [4.78, 5) is 20.7. The molecule has 1 atom stereocenters. The first-order valence-electron chi connectivity index (χ1n) is 8.29. The normalized spacial score (nSPS) is 20.6. The Morgan fingerprint density at radius 2 is 2.07 bits per heavy atom. The molecule has 0 fully saturated rings. The Morgan fingerprint density at radius 3 is 2.63 bits per heavy atom. The molecule has 1 unspecified atom stereocenters. The first-order valence-corrected chi connectivity index (χ1v) is 8.29. The Bertz CT molecular complexity index is 907. The molecular formula is C17H19F3N4O3. The van der Waals surface area contributed by atoms with Crippen LogP contribution in [0.4, 0.5) is 13.2 Å². The molecule has 2 heterocycles. The first-order chi connectivity index (χ1) is 12.7. The van der Waals surface area contributed by atoms with E-state index in [4.69, 9.17) is 9.47 Å². The van der Waals surface area contributed by atoms with Gasteiger partial charge >= 0.3 is 12.1 Å². The number of allylic oxidation sites excluding steroid dienone is 1. The number of aromatic nitrogens is 4. The average molecular weight is 384 g/mol. The van der Waals surface area contributed by atoms with Gasteiger partial charge in [0.1, 0.15) is 6.54 Å². The third-order valence-electron chi connectivity index (χ3n) is 4.73. The van der Waals surface area contributed by atoms with Crippen molar-refractivity contribution in [2.24, 2.45) is 0 Å². The Kier molecular flexibility index (Phi) is 4.94. The maximum absolute atomic E-state index is 12.8. The summed E-state index contributed by atoms with van der Waals surface area (Å²) in [5, 5.41) is 4.26. The van der Waals surface area contributed by atoms with E-state index in [9.17, 15) is 18.0 Å². The number of carbonyl (C=O) groups is 1. The van der Waals surface area contributed by atoms with Crippen LogP contribution in [-0.2, 0) is 20.8 Å². The van der Waals surface area contributed by atoms with Crippen molar-refractivity contribution in [3.8, 4) is 0 Å². The zero-order valence-electron chi connectivity index (χ0n) is 15.1. The monoisotopic (exact) mass is 384 g/mol. The van der Waals surface area contributed by atoms with Crippen LogP contribution in [0.3, 0.4) is 0 Å². The number of fused-ring (bicyclic) bond motifs is 1. The van der Waals surface area contributed by atoms with Gasteiger partial charge in [-0.25, -0.2) is 19.4 Å². The Morgan fingerprint density at radius 1 is 1.33 bits per heavy atom. The smallest absolute Gasteiger partial charge is 0.408 e. The molecule has 1 aliphatic carbocycles. The molecule has 146 valence electrons. The largest absolute Gasteiger partial charge is 0.467 e. The minimum Gasteiger partial charge on any atom is -0.467 e. The second-order valence-electron chi connectivity index (χ2n) is 6.41. The number of hydrogen-bond donors (Lipinski definition) is 0. The van der Waals surface area contributed by atoms with Gasteiger partial charge in [0.05, 0.1) is 24.4 Å². The fourth-order valence-corrected chi connectivity index (χ4v) is 3.20. The number of ether oxygens (including phenoxy) is 2. The quantitative estimate of drug-likeness (QED) is 0.755. The van der Waals surface area contributed by atoms with Crippen LogP contribution >= 0.6 is 0 Å². The average Bonchev–Trinajstić information content (AvgIpc) is 3.02. The van der Waals surface area contributed by atoms with Crippen LogP contribution in [0.15, 0.2) is 12.3 Å². The molecule has 10 heteroatoms. The molecule has 0 saturated heterocycles. The van der Waals surface area contributed by atoms with E-state index in [2.05, 4.69) is 15.1 Å². The van der Waals surface area contributed by atoms with Crippen LogP contribution in [0.1, 0.15) is 30.8 Å². The van der Waals surface area contributed by atoms with Gasteiger partial charge < -0.3 is 9.47 Å². The molecule has 0 aromatic carbocycles. The van der Waals surface area contributed by atoms with Crippen molar-refractivity contribution in [3.63, 3.8) is 0 Å². The summed E-state index contributed by atoms with van der Waals surface area (Å²) in [7, 11) is 2.74. The third kappa shape index (κ3) is 3.66. The number of hydrogen-bond acceptors (Lipinski definition) is 6. The van der Waals surface area contributed by atoms with E-state index < -0.39 is 24.3 Å². The minimum absolute atomic E-state index is 0.132. The molecule has 2 aromatic rings. The van der Waals surface area contributed by atoms with E-state index in [0.29, 0.717) is 29.7 Å². The predicted molar refractivity (Wildman–Crippen MR) is 89.7 cm³/mol. The number of carbonyl (C=O) groups excluding carboxylic acids is 1. The Balaban J connectivity index is 1.97. The molecule has 0 amide bonds. The molecule has 0 aliphatic heterocycles. The lowest BCUT2D eigenvalue weighted by molar-refractivity contribution is -0.166. The summed E-state index contributed by atoms with van der Waals surface area (Å²) in [6.45, 7) is 0.477. The van der Waals surface area contributed by atoms with Crippen molar-refractivity contribution in [2.45, 2.75) is 44.5 Å². The van der Waals surface area contributed by atoms with Crippen LogP contribution in [0, 0.1) is 6.92 Å². The predicted octanol–water partition coefficient (Wildman–Crippen LogP) is 2.82. The highest BCUT2D eigenvalue weighted by molar-refractivity contribution is 5.82. The van der Waals surface area contributed by atoms with E-state index >= 15 is 0 Å². The fraction of sp³-hybridized carbons (Fsp3) is 0.529. The maximum atomic E-state index is 12.8. The van der Waals surface area contributed by atoms with Gasteiger partial charge in [-0.15, -0.1) is 0 Å². The molecule has 3 rings (SSSR count). The second kappa shape index (κ2) is 6.91. The van der Waals surface area contributed by atoms with Gasteiger partial charge in [-0.1, -0.05) is 6.08 Å². The molecule has 0 spiro atoms. The first kappa shape index (κ1) is 19.3. The number of alkyl halides is 3. The van der Waals surface area contributed by atoms with Crippen LogP contribution in [0.25, 0.3) is 16.6 Å². The van der Waals surface area contributed by atoms with Crippen LogP contribution in [0.5, 0.6) is 0 Å². The minimum atomic E-state index is -4.40. The number of halogens is 3. The summed E-state index contributed by atoms with van der Waals surface area (Å²) >= 11 is 0. The van der Waals surface area contributed by atoms with E-state index in [-0.39, 0.29) is 12.1 Å². The lowest BCUT2D eigenvalue weighted by Gasteiger charge is -2.32. The van der Waals surface area contributed by atoms with Gasteiger partial charge in [0.2, 0.25) is 0 Å². The Hall–Kier alpha value is -2.49. The highest BCUT2D eigenvalue weighted by atomic mass is 19.4. The third-order valence-corrected chi connectivity index (χ3v) is 4.73. The summed E-state index contributed by atoms with van der Waals surface area (Å²) in [6, 6.07) is 0. The standard InChI is InChI=1S/C17H19F3N4O3/c1-10-12-8-21-24(9-17(18,19)20)14(12)23-13(22-10)11-4-6-16(27-3,7-5-11)15(25)26-2/h4,8H,5-7,9H2,1-3H3. The van der Waals surface area contributed by atoms with E-state index in [1.54, 1.807) is 13.0 Å². The van der Waals surface area contributed by atoms with Gasteiger partial charge in [0, 0.05) is 13.5 Å². The zero-order chi connectivity index (χ0) is 19.8. The number of esters is 1. The van der Waals surface area contributed by atoms with Gasteiger partial charge in [0.25, 0.3) is 0 Å². The zero-order valence-corrected chi connectivity index (χ0v) is 15.1. The number of aryl methyl sites for hydroxylation is 1. The summed E-state index contributed by atoms with van der Waals surface area (Å²) < 4.78 is 49.3. The van der Waals surface area contributed by atoms with Crippen molar-refractivity contribution in [2.75, 3.05) is 14.2 Å². The highest BCUT2D eigenvalue weighted by Crippen LogP contribution is 2.35. The molecule has 0 saturated carbocycles.